The number of aliphatic hydroxyl groups is 1. The van der Waals surface area contributed by atoms with Crippen LogP contribution in [0.15, 0.2) is 0 Å². The second-order valence-electron chi connectivity index (χ2n) is 6.05. The molecule has 1 N–H and O–H groups in total. The van der Waals surface area contributed by atoms with Crippen molar-refractivity contribution in [2.75, 3.05) is 13.2 Å². The first-order valence-electron chi connectivity index (χ1n) is 9.07. The van der Waals surface area contributed by atoms with Crippen LogP contribution in [-0.4, -0.2) is 24.4 Å². The lowest BCUT2D eigenvalue weighted by molar-refractivity contribution is 0.0297. The first kappa shape index (κ1) is 19.9. The third-order valence-corrected chi connectivity index (χ3v) is 3.84. The molecule has 0 radical (unpaired) electrons. The van der Waals surface area contributed by atoms with E-state index in [1.165, 1.54) is 64.2 Å². The van der Waals surface area contributed by atoms with Crippen molar-refractivity contribution in [1.82, 2.24) is 0 Å². The summed E-state index contributed by atoms with van der Waals surface area (Å²) in [7, 11) is 0. The Morgan fingerprint density at radius 2 is 1.20 bits per heavy atom. The predicted octanol–water partition coefficient (Wildman–Crippen LogP) is 5.48. The lowest BCUT2D eigenvalue weighted by atomic mass is 10.1. The monoisotopic (exact) mass is 286 g/mol. The van der Waals surface area contributed by atoms with Crippen LogP contribution in [0, 0.1) is 0 Å². The standard InChI is InChI=1S/C18H38O2/c1-3-5-7-9-11-13-15-18(19)17-20-16-14-12-10-8-6-4-2/h18-19H,3-17H2,1-2H3. The molecule has 0 rings (SSSR count). The summed E-state index contributed by atoms with van der Waals surface area (Å²) in [5.74, 6) is 0. The maximum atomic E-state index is 9.80. The van der Waals surface area contributed by atoms with E-state index in [-0.39, 0.29) is 6.10 Å². The molecule has 0 bridgehead atoms. The van der Waals surface area contributed by atoms with E-state index in [0.717, 1.165) is 25.9 Å². The van der Waals surface area contributed by atoms with Gasteiger partial charge in [0.05, 0.1) is 12.7 Å². The molecule has 0 heterocycles. The molecule has 0 amide bonds. The highest BCUT2D eigenvalue weighted by Gasteiger charge is 2.03. The first-order valence-corrected chi connectivity index (χ1v) is 9.07. The van der Waals surface area contributed by atoms with E-state index >= 15 is 0 Å². The van der Waals surface area contributed by atoms with Gasteiger partial charge in [0, 0.05) is 6.61 Å². The van der Waals surface area contributed by atoms with Crippen molar-refractivity contribution in [2.45, 2.75) is 103 Å². The molecule has 0 aliphatic carbocycles. The normalized spacial score (nSPS) is 12.8. The highest BCUT2D eigenvalue weighted by molar-refractivity contribution is 4.55. The molecule has 0 aromatic heterocycles. The number of ether oxygens (including phenoxy) is 1. The lowest BCUT2D eigenvalue weighted by Crippen LogP contribution is -2.15. The number of hydrogen-bond acceptors (Lipinski definition) is 2. The fraction of sp³-hybridized carbons (Fsp3) is 1.00. The van der Waals surface area contributed by atoms with Gasteiger partial charge in [-0.3, -0.25) is 0 Å². The number of unbranched alkanes of at least 4 members (excludes halogenated alkanes) is 10. The maximum Gasteiger partial charge on any atom is 0.0773 e. The summed E-state index contributed by atoms with van der Waals surface area (Å²) < 4.78 is 5.55. The van der Waals surface area contributed by atoms with Gasteiger partial charge in [0.2, 0.25) is 0 Å². The molecule has 0 aromatic carbocycles. The van der Waals surface area contributed by atoms with Gasteiger partial charge in [0.1, 0.15) is 0 Å². The Labute approximate surface area is 127 Å². The van der Waals surface area contributed by atoms with E-state index in [4.69, 9.17) is 4.74 Å². The zero-order valence-electron chi connectivity index (χ0n) is 14.0. The van der Waals surface area contributed by atoms with Crippen LogP contribution in [0.25, 0.3) is 0 Å². The zero-order valence-corrected chi connectivity index (χ0v) is 14.0. The molecule has 1 unspecified atom stereocenters. The van der Waals surface area contributed by atoms with Gasteiger partial charge < -0.3 is 9.84 Å². The Bertz CT molecular complexity index is 171. The molecule has 0 spiro atoms. The second kappa shape index (κ2) is 17.0. The fourth-order valence-corrected chi connectivity index (χ4v) is 2.45. The molecule has 0 aliphatic rings. The Morgan fingerprint density at radius 3 is 1.80 bits per heavy atom. The molecule has 1 atom stereocenters. The second-order valence-corrected chi connectivity index (χ2v) is 6.05. The molecule has 0 fully saturated rings. The predicted molar refractivity (Wildman–Crippen MR) is 88.2 cm³/mol. The average Bonchev–Trinajstić information content (AvgIpc) is 2.45. The summed E-state index contributed by atoms with van der Waals surface area (Å²) in [6.45, 7) is 5.84. The van der Waals surface area contributed by atoms with Gasteiger partial charge in [0.15, 0.2) is 0 Å². The Balaban J connectivity index is 3.10. The summed E-state index contributed by atoms with van der Waals surface area (Å²) in [6, 6.07) is 0. The minimum Gasteiger partial charge on any atom is -0.391 e. The largest absolute Gasteiger partial charge is 0.391 e. The van der Waals surface area contributed by atoms with Crippen LogP contribution in [0.2, 0.25) is 0 Å². The lowest BCUT2D eigenvalue weighted by Gasteiger charge is -2.11. The van der Waals surface area contributed by atoms with E-state index < -0.39 is 0 Å². The minimum atomic E-state index is -0.249. The number of aliphatic hydroxyl groups excluding tert-OH is 1. The summed E-state index contributed by atoms with van der Waals surface area (Å²) >= 11 is 0. The molecular weight excluding hydrogens is 248 g/mol. The zero-order chi connectivity index (χ0) is 14.9. The SMILES string of the molecule is CCCCCCCCOCC(O)CCCCCCCC. The van der Waals surface area contributed by atoms with Crippen molar-refractivity contribution in [2.24, 2.45) is 0 Å². The smallest absolute Gasteiger partial charge is 0.0773 e. The van der Waals surface area contributed by atoms with Crippen LogP contribution in [0.3, 0.4) is 0 Å². The van der Waals surface area contributed by atoms with Crippen molar-refractivity contribution in [3.05, 3.63) is 0 Å². The van der Waals surface area contributed by atoms with Crippen molar-refractivity contribution in [1.29, 1.82) is 0 Å². The van der Waals surface area contributed by atoms with Gasteiger partial charge in [-0.05, 0) is 12.8 Å². The van der Waals surface area contributed by atoms with E-state index in [2.05, 4.69) is 13.8 Å². The maximum absolute atomic E-state index is 9.80. The molecule has 0 saturated carbocycles. The van der Waals surface area contributed by atoms with Crippen LogP contribution < -0.4 is 0 Å². The van der Waals surface area contributed by atoms with Gasteiger partial charge in [-0.1, -0.05) is 84.5 Å². The third-order valence-electron chi connectivity index (χ3n) is 3.84. The Morgan fingerprint density at radius 1 is 0.700 bits per heavy atom. The van der Waals surface area contributed by atoms with E-state index in [0.29, 0.717) is 6.61 Å². The van der Waals surface area contributed by atoms with Gasteiger partial charge in [-0.2, -0.15) is 0 Å². The van der Waals surface area contributed by atoms with Gasteiger partial charge in [-0.25, -0.2) is 0 Å². The van der Waals surface area contributed by atoms with Crippen LogP contribution in [-0.2, 0) is 4.74 Å². The van der Waals surface area contributed by atoms with Gasteiger partial charge in [-0.15, -0.1) is 0 Å². The molecule has 2 nitrogen and oxygen atoms in total. The van der Waals surface area contributed by atoms with Crippen LogP contribution in [0.1, 0.15) is 97.3 Å². The van der Waals surface area contributed by atoms with E-state index in [9.17, 15) is 5.11 Å². The summed E-state index contributed by atoms with van der Waals surface area (Å²) in [6.07, 6.45) is 16.2. The van der Waals surface area contributed by atoms with Crippen molar-refractivity contribution < 1.29 is 9.84 Å². The molecule has 0 aliphatic heterocycles. The summed E-state index contributed by atoms with van der Waals surface area (Å²) in [4.78, 5) is 0. The Kier molecular flexibility index (Phi) is 16.9. The molecule has 0 aromatic rings. The fourth-order valence-electron chi connectivity index (χ4n) is 2.45. The van der Waals surface area contributed by atoms with Gasteiger partial charge in [0.25, 0.3) is 0 Å². The molecule has 20 heavy (non-hydrogen) atoms. The minimum absolute atomic E-state index is 0.249. The van der Waals surface area contributed by atoms with E-state index in [1.54, 1.807) is 0 Å². The average molecular weight is 286 g/mol. The van der Waals surface area contributed by atoms with Crippen LogP contribution >= 0.6 is 0 Å². The molecule has 0 saturated heterocycles. The molecular formula is C18H38O2. The van der Waals surface area contributed by atoms with Crippen LogP contribution in [0.5, 0.6) is 0 Å². The molecule has 2 heteroatoms. The van der Waals surface area contributed by atoms with Crippen LogP contribution in [0.4, 0.5) is 0 Å². The highest BCUT2D eigenvalue weighted by Crippen LogP contribution is 2.09. The number of hydrogen-bond donors (Lipinski definition) is 1. The van der Waals surface area contributed by atoms with Crippen molar-refractivity contribution in [3.63, 3.8) is 0 Å². The summed E-state index contributed by atoms with van der Waals surface area (Å²) in [5, 5.41) is 9.80. The number of rotatable bonds is 16. The topological polar surface area (TPSA) is 29.5 Å². The van der Waals surface area contributed by atoms with E-state index in [1.807, 2.05) is 0 Å². The quantitative estimate of drug-likeness (QED) is 0.381. The van der Waals surface area contributed by atoms with Crippen molar-refractivity contribution in [3.8, 4) is 0 Å². The summed E-state index contributed by atoms with van der Waals surface area (Å²) in [5.41, 5.74) is 0. The van der Waals surface area contributed by atoms with Crippen molar-refractivity contribution >= 4 is 0 Å². The Hall–Kier alpha value is -0.0800. The molecule has 122 valence electrons. The van der Waals surface area contributed by atoms with Gasteiger partial charge >= 0.3 is 0 Å². The highest BCUT2D eigenvalue weighted by atomic mass is 16.5. The third kappa shape index (κ3) is 16.0. The first-order chi connectivity index (χ1) is 9.81.